The summed E-state index contributed by atoms with van der Waals surface area (Å²) < 4.78 is 10.8. The van der Waals surface area contributed by atoms with Crippen molar-refractivity contribution >= 4 is 17.2 Å². The van der Waals surface area contributed by atoms with Crippen molar-refractivity contribution in [3.05, 3.63) is 64.7 Å². The standard InChI is InChI=1S/C19H20N2O3S/c1-13(2)23-12-15-6-3-5-14(9-15)11-20-19(22)16-10-17(24-21-16)18-7-4-8-25-18/h3-10,13H,11-12H2,1-2H3,(H,20,22). The first kappa shape index (κ1) is 17.4. The van der Waals surface area contributed by atoms with Crippen LogP contribution in [0.15, 0.2) is 52.4 Å². The molecule has 1 N–H and O–H groups in total. The second-order valence-electron chi connectivity index (χ2n) is 5.92. The second kappa shape index (κ2) is 8.09. The number of rotatable bonds is 7. The predicted molar refractivity (Wildman–Crippen MR) is 97.4 cm³/mol. The van der Waals surface area contributed by atoms with Gasteiger partial charge in [-0.1, -0.05) is 35.5 Å². The summed E-state index contributed by atoms with van der Waals surface area (Å²) in [5.74, 6) is 0.350. The van der Waals surface area contributed by atoms with Gasteiger partial charge in [-0.05, 0) is 36.4 Å². The van der Waals surface area contributed by atoms with E-state index in [-0.39, 0.29) is 17.7 Å². The first-order chi connectivity index (χ1) is 12.1. The lowest BCUT2D eigenvalue weighted by molar-refractivity contribution is 0.0657. The molecule has 0 atom stereocenters. The zero-order valence-corrected chi connectivity index (χ0v) is 15.0. The summed E-state index contributed by atoms with van der Waals surface area (Å²) in [5, 5.41) is 8.67. The third-order valence-electron chi connectivity index (χ3n) is 3.53. The molecule has 0 spiro atoms. The Hall–Kier alpha value is -2.44. The Labute approximate surface area is 150 Å². The van der Waals surface area contributed by atoms with E-state index in [0.29, 0.717) is 18.9 Å². The maximum Gasteiger partial charge on any atom is 0.273 e. The van der Waals surface area contributed by atoms with Crippen LogP contribution < -0.4 is 5.32 Å². The van der Waals surface area contributed by atoms with E-state index in [1.165, 1.54) is 0 Å². The number of nitrogens with one attached hydrogen (secondary N) is 1. The highest BCUT2D eigenvalue weighted by molar-refractivity contribution is 7.13. The van der Waals surface area contributed by atoms with E-state index in [2.05, 4.69) is 10.5 Å². The molecular formula is C19H20N2O3S. The number of nitrogens with zero attached hydrogens (tertiary/aromatic N) is 1. The Morgan fingerprint density at radius 2 is 2.08 bits per heavy atom. The van der Waals surface area contributed by atoms with Crippen molar-refractivity contribution in [3.63, 3.8) is 0 Å². The fraction of sp³-hybridized carbons (Fsp3) is 0.263. The van der Waals surface area contributed by atoms with Gasteiger partial charge in [0, 0.05) is 12.6 Å². The minimum atomic E-state index is -0.254. The fourth-order valence-corrected chi connectivity index (χ4v) is 2.96. The van der Waals surface area contributed by atoms with Gasteiger partial charge in [0.05, 0.1) is 17.6 Å². The topological polar surface area (TPSA) is 64.4 Å². The van der Waals surface area contributed by atoms with Crippen molar-refractivity contribution in [3.8, 4) is 10.6 Å². The highest BCUT2D eigenvalue weighted by Crippen LogP contribution is 2.25. The molecule has 25 heavy (non-hydrogen) atoms. The number of ether oxygens (including phenoxy) is 1. The minimum absolute atomic E-state index is 0.188. The highest BCUT2D eigenvalue weighted by atomic mass is 32.1. The largest absolute Gasteiger partial charge is 0.374 e. The molecule has 0 fully saturated rings. The van der Waals surface area contributed by atoms with Crippen LogP contribution in [0.3, 0.4) is 0 Å². The van der Waals surface area contributed by atoms with Gasteiger partial charge in [-0.15, -0.1) is 11.3 Å². The van der Waals surface area contributed by atoms with E-state index in [1.54, 1.807) is 17.4 Å². The van der Waals surface area contributed by atoms with Crippen molar-refractivity contribution in [2.75, 3.05) is 0 Å². The van der Waals surface area contributed by atoms with E-state index in [4.69, 9.17) is 9.26 Å². The van der Waals surface area contributed by atoms with Crippen LogP contribution in [0.4, 0.5) is 0 Å². The summed E-state index contributed by atoms with van der Waals surface area (Å²) in [6.07, 6.45) is 0.188. The van der Waals surface area contributed by atoms with Gasteiger partial charge in [-0.25, -0.2) is 0 Å². The Balaban J connectivity index is 1.58. The Bertz CT molecular complexity index is 825. The quantitative estimate of drug-likeness (QED) is 0.687. The molecule has 1 aromatic carbocycles. The number of aromatic nitrogens is 1. The van der Waals surface area contributed by atoms with Crippen LogP contribution in [0, 0.1) is 0 Å². The Morgan fingerprint density at radius 3 is 2.84 bits per heavy atom. The van der Waals surface area contributed by atoms with Gasteiger partial charge in [0.2, 0.25) is 0 Å². The normalized spacial score (nSPS) is 11.0. The molecule has 0 saturated heterocycles. The molecule has 0 aliphatic heterocycles. The van der Waals surface area contributed by atoms with Crippen LogP contribution >= 0.6 is 11.3 Å². The van der Waals surface area contributed by atoms with Gasteiger partial charge < -0.3 is 14.6 Å². The van der Waals surface area contributed by atoms with Crippen LogP contribution in [-0.4, -0.2) is 17.2 Å². The van der Waals surface area contributed by atoms with Crippen molar-refractivity contribution < 1.29 is 14.1 Å². The van der Waals surface area contributed by atoms with Crippen LogP contribution in [-0.2, 0) is 17.9 Å². The van der Waals surface area contributed by atoms with Crippen molar-refractivity contribution in [2.24, 2.45) is 0 Å². The first-order valence-electron chi connectivity index (χ1n) is 8.10. The maximum atomic E-state index is 12.2. The molecule has 0 unspecified atom stereocenters. The first-order valence-corrected chi connectivity index (χ1v) is 8.98. The molecule has 130 valence electrons. The van der Waals surface area contributed by atoms with E-state index in [0.717, 1.165) is 16.0 Å². The smallest absolute Gasteiger partial charge is 0.273 e. The number of carbonyl (C=O) groups excluding carboxylic acids is 1. The van der Waals surface area contributed by atoms with E-state index < -0.39 is 0 Å². The van der Waals surface area contributed by atoms with Gasteiger partial charge in [0.25, 0.3) is 5.91 Å². The Kier molecular flexibility index (Phi) is 5.63. The van der Waals surface area contributed by atoms with E-state index in [9.17, 15) is 4.79 Å². The number of amides is 1. The molecule has 1 amide bonds. The zero-order valence-electron chi connectivity index (χ0n) is 14.2. The Morgan fingerprint density at radius 1 is 1.24 bits per heavy atom. The van der Waals surface area contributed by atoms with E-state index >= 15 is 0 Å². The average molecular weight is 356 g/mol. The van der Waals surface area contributed by atoms with Crippen molar-refractivity contribution in [2.45, 2.75) is 33.1 Å². The summed E-state index contributed by atoms with van der Waals surface area (Å²) in [5.41, 5.74) is 2.38. The highest BCUT2D eigenvalue weighted by Gasteiger charge is 2.14. The van der Waals surface area contributed by atoms with Crippen LogP contribution in [0.2, 0.25) is 0 Å². The average Bonchev–Trinajstić information content (AvgIpc) is 3.29. The summed E-state index contributed by atoms with van der Waals surface area (Å²) >= 11 is 1.54. The molecule has 0 radical (unpaired) electrons. The van der Waals surface area contributed by atoms with Gasteiger partial charge >= 0.3 is 0 Å². The number of thiophene rings is 1. The van der Waals surface area contributed by atoms with Gasteiger partial charge in [-0.3, -0.25) is 4.79 Å². The third kappa shape index (κ3) is 4.78. The molecular weight excluding hydrogens is 336 g/mol. The maximum absolute atomic E-state index is 12.2. The molecule has 2 heterocycles. The molecule has 0 saturated carbocycles. The van der Waals surface area contributed by atoms with Gasteiger partial charge in [0.15, 0.2) is 11.5 Å². The summed E-state index contributed by atoms with van der Waals surface area (Å²) in [6.45, 7) is 5.00. The number of hydrogen-bond donors (Lipinski definition) is 1. The van der Waals surface area contributed by atoms with Crippen LogP contribution in [0.5, 0.6) is 0 Å². The second-order valence-corrected chi connectivity index (χ2v) is 6.86. The van der Waals surface area contributed by atoms with E-state index in [1.807, 2.05) is 55.6 Å². The number of benzene rings is 1. The SMILES string of the molecule is CC(C)OCc1cccc(CNC(=O)c2cc(-c3cccs3)on2)c1. The molecule has 3 aromatic rings. The van der Waals surface area contributed by atoms with Crippen molar-refractivity contribution in [1.29, 1.82) is 0 Å². The zero-order chi connectivity index (χ0) is 17.6. The predicted octanol–water partition coefficient (Wildman–Crippen LogP) is 4.26. The lowest BCUT2D eigenvalue weighted by atomic mass is 10.1. The molecule has 0 aliphatic rings. The van der Waals surface area contributed by atoms with Crippen LogP contribution in [0.1, 0.15) is 35.5 Å². The van der Waals surface area contributed by atoms with Gasteiger partial charge in [0.1, 0.15) is 0 Å². The molecule has 2 aromatic heterocycles. The number of carbonyl (C=O) groups is 1. The lowest BCUT2D eigenvalue weighted by Gasteiger charge is -2.09. The molecule has 0 bridgehead atoms. The van der Waals surface area contributed by atoms with Gasteiger partial charge in [-0.2, -0.15) is 0 Å². The minimum Gasteiger partial charge on any atom is -0.374 e. The number of hydrogen-bond acceptors (Lipinski definition) is 5. The molecule has 0 aliphatic carbocycles. The fourth-order valence-electron chi connectivity index (χ4n) is 2.28. The van der Waals surface area contributed by atoms with Crippen LogP contribution in [0.25, 0.3) is 10.6 Å². The monoisotopic (exact) mass is 356 g/mol. The molecule has 6 heteroatoms. The lowest BCUT2D eigenvalue weighted by Crippen LogP contribution is -2.23. The van der Waals surface area contributed by atoms with Crippen molar-refractivity contribution in [1.82, 2.24) is 10.5 Å². The summed E-state index contributed by atoms with van der Waals surface area (Å²) in [6, 6.07) is 13.5. The molecule has 5 nitrogen and oxygen atoms in total. The summed E-state index contributed by atoms with van der Waals surface area (Å²) in [4.78, 5) is 13.2. The molecule has 3 rings (SSSR count). The summed E-state index contributed by atoms with van der Waals surface area (Å²) in [7, 11) is 0. The third-order valence-corrected chi connectivity index (χ3v) is 4.42.